The second kappa shape index (κ2) is 11.6. The van der Waals surface area contributed by atoms with Crippen LogP contribution in [0.3, 0.4) is 0 Å². The number of para-hydroxylation sites is 2. The summed E-state index contributed by atoms with van der Waals surface area (Å²) in [5, 5.41) is 12.1. The molecule has 3 aromatic heterocycles. The maximum atomic E-state index is 12.8. The van der Waals surface area contributed by atoms with E-state index in [-0.39, 0.29) is 18.0 Å². The van der Waals surface area contributed by atoms with Crippen LogP contribution in [0.15, 0.2) is 73.4 Å². The predicted octanol–water partition coefficient (Wildman–Crippen LogP) is 4.02. The summed E-state index contributed by atoms with van der Waals surface area (Å²) in [5.41, 5.74) is 3.40. The highest BCUT2D eigenvalue weighted by Crippen LogP contribution is 2.37. The quantitative estimate of drug-likeness (QED) is 0.260. The predicted molar refractivity (Wildman–Crippen MR) is 150 cm³/mol. The fourth-order valence-corrected chi connectivity index (χ4v) is 4.14. The number of methoxy groups -OCH3 is 1. The number of aromatic nitrogens is 7. The molecule has 0 bridgehead atoms. The Morgan fingerprint density at radius 3 is 2.62 bits per heavy atom. The van der Waals surface area contributed by atoms with E-state index in [9.17, 15) is 4.79 Å². The van der Waals surface area contributed by atoms with Crippen LogP contribution in [0.4, 0.5) is 17.5 Å². The molecule has 204 valence electrons. The van der Waals surface area contributed by atoms with E-state index in [0.717, 1.165) is 11.3 Å². The van der Waals surface area contributed by atoms with Gasteiger partial charge in [0.05, 0.1) is 36.9 Å². The van der Waals surface area contributed by atoms with Gasteiger partial charge < -0.3 is 19.7 Å². The van der Waals surface area contributed by atoms with Crippen LogP contribution in [-0.2, 0) is 18.3 Å². The van der Waals surface area contributed by atoms with Gasteiger partial charge >= 0.3 is 5.97 Å². The standard InChI is InChI=1S/C28H29N9O3/c1-5-40-27(38)22-15-29-28(35(2)16-19-14-31-37(17-19)20-10-7-6-8-11-20)33-26(22)32-23-13-9-12-21(24(23)39-4)25-30-18-36(3)34-25/h6-15,17-18H,5,16H2,1-4H3,(H,29,32,33). The van der Waals surface area contributed by atoms with Gasteiger partial charge in [0.1, 0.15) is 11.9 Å². The van der Waals surface area contributed by atoms with E-state index < -0.39 is 5.97 Å². The molecule has 0 aliphatic rings. The second-order valence-electron chi connectivity index (χ2n) is 8.89. The third-order valence-electron chi connectivity index (χ3n) is 6.00. The first-order valence-corrected chi connectivity index (χ1v) is 12.6. The van der Waals surface area contributed by atoms with Gasteiger partial charge in [-0.2, -0.15) is 15.2 Å². The number of hydrogen-bond donors (Lipinski definition) is 1. The highest BCUT2D eigenvalue weighted by Gasteiger charge is 2.21. The summed E-state index contributed by atoms with van der Waals surface area (Å²) in [6.07, 6.45) is 6.84. The molecule has 12 heteroatoms. The molecule has 0 amide bonds. The summed E-state index contributed by atoms with van der Waals surface area (Å²) in [5.74, 6) is 1.16. The molecule has 0 atom stereocenters. The van der Waals surface area contributed by atoms with E-state index in [2.05, 4.69) is 25.5 Å². The fraction of sp³-hybridized carbons (Fsp3) is 0.214. The number of ether oxygens (including phenoxy) is 2. The van der Waals surface area contributed by atoms with Crippen molar-refractivity contribution in [3.63, 3.8) is 0 Å². The molecule has 3 heterocycles. The Morgan fingerprint density at radius 1 is 1.07 bits per heavy atom. The Balaban J connectivity index is 1.45. The minimum absolute atomic E-state index is 0.194. The summed E-state index contributed by atoms with van der Waals surface area (Å²) in [7, 11) is 5.23. The molecule has 0 aliphatic carbocycles. The smallest absolute Gasteiger partial charge is 0.343 e. The number of rotatable bonds is 10. The minimum atomic E-state index is -0.537. The molecule has 0 spiro atoms. The van der Waals surface area contributed by atoms with E-state index >= 15 is 0 Å². The van der Waals surface area contributed by atoms with Crippen LogP contribution in [-0.4, -0.2) is 61.2 Å². The largest absolute Gasteiger partial charge is 0.494 e. The summed E-state index contributed by atoms with van der Waals surface area (Å²) in [4.78, 5) is 28.2. The number of hydrogen-bond acceptors (Lipinski definition) is 10. The Hall–Kier alpha value is -5.26. The summed E-state index contributed by atoms with van der Waals surface area (Å²) >= 11 is 0. The first-order chi connectivity index (χ1) is 19.5. The second-order valence-corrected chi connectivity index (χ2v) is 8.89. The number of carbonyl (C=O) groups is 1. The average molecular weight is 540 g/mol. The van der Waals surface area contributed by atoms with Crippen LogP contribution in [0.25, 0.3) is 17.1 Å². The highest BCUT2D eigenvalue weighted by molar-refractivity contribution is 5.96. The van der Waals surface area contributed by atoms with Crippen LogP contribution in [0.1, 0.15) is 22.8 Å². The van der Waals surface area contributed by atoms with Crippen molar-refractivity contribution >= 4 is 23.4 Å². The molecule has 12 nitrogen and oxygen atoms in total. The van der Waals surface area contributed by atoms with E-state index in [1.165, 1.54) is 6.20 Å². The van der Waals surface area contributed by atoms with Crippen LogP contribution >= 0.6 is 0 Å². The van der Waals surface area contributed by atoms with E-state index in [1.54, 1.807) is 38.3 Å². The number of nitrogens with one attached hydrogen (secondary N) is 1. The average Bonchev–Trinajstić information content (AvgIpc) is 3.62. The van der Waals surface area contributed by atoms with Crippen molar-refractivity contribution in [2.75, 3.05) is 31.0 Å². The number of carbonyl (C=O) groups excluding carboxylic acids is 1. The zero-order valence-electron chi connectivity index (χ0n) is 22.6. The lowest BCUT2D eigenvalue weighted by molar-refractivity contribution is 0.0526. The SMILES string of the molecule is CCOC(=O)c1cnc(N(C)Cc2cnn(-c3ccccc3)c2)nc1Nc1cccc(-c2ncn(C)n2)c1OC. The summed E-state index contributed by atoms with van der Waals surface area (Å²) in [6, 6.07) is 15.4. The Labute approximate surface area is 231 Å². The molecule has 5 rings (SSSR count). The maximum Gasteiger partial charge on any atom is 0.343 e. The van der Waals surface area contributed by atoms with Gasteiger partial charge in [0.25, 0.3) is 0 Å². The molecule has 0 radical (unpaired) electrons. The number of aryl methyl sites for hydroxylation is 1. The highest BCUT2D eigenvalue weighted by atomic mass is 16.5. The third kappa shape index (κ3) is 5.60. The third-order valence-corrected chi connectivity index (χ3v) is 6.00. The molecule has 5 aromatic rings. The topological polar surface area (TPSA) is 125 Å². The van der Waals surface area contributed by atoms with Crippen molar-refractivity contribution in [2.24, 2.45) is 7.05 Å². The summed E-state index contributed by atoms with van der Waals surface area (Å²) in [6.45, 7) is 2.46. The Kier molecular flexibility index (Phi) is 7.67. The molecular weight excluding hydrogens is 510 g/mol. The van der Waals surface area contributed by atoms with Crippen molar-refractivity contribution in [3.8, 4) is 22.8 Å². The van der Waals surface area contributed by atoms with Gasteiger partial charge in [-0.25, -0.2) is 19.4 Å². The van der Waals surface area contributed by atoms with Gasteiger partial charge in [0.2, 0.25) is 5.95 Å². The van der Waals surface area contributed by atoms with Crippen LogP contribution in [0.2, 0.25) is 0 Å². The van der Waals surface area contributed by atoms with Crippen molar-refractivity contribution < 1.29 is 14.3 Å². The lowest BCUT2D eigenvalue weighted by Crippen LogP contribution is -2.20. The van der Waals surface area contributed by atoms with Gasteiger partial charge in [-0.1, -0.05) is 24.3 Å². The molecule has 0 saturated heterocycles. The van der Waals surface area contributed by atoms with Gasteiger partial charge in [0, 0.05) is 38.6 Å². The first kappa shape index (κ1) is 26.4. The molecule has 1 N–H and O–H groups in total. The molecule has 2 aromatic carbocycles. The molecule has 0 fully saturated rings. The Bertz CT molecular complexity index is 1610. The molecule has 40 heavy (non-hydrogen) atoms. The number of esters is 1. The molecular formula is C28H29N9O3. The van der Waals surface area contributed by atoms with Crippen molar-refractivity contribution in [1.29, 1.82) is 0 Å². The van der Waals surface area contributed by atoms with Gasteiger partial charge in [0.15, 0.2) is 17.4 Å². The van der Waals surface area contributed by atoms with Gasteiger partial charge in [-0.05, 0) is 31.2 Å². The van der Waals surface area contributed by atoms with Crippen molar-refractivity contribution in [3.05, 3.63) is 84.6 Å². The van der Waals surface area contributed by atoms with E-state index in [0.29, 0.717) is 35.3 Å². The van der Waals surface area contributed by atoms with Crippen LogP contribution in [0.5, 0.6) is 5.75 Å². The number of anilines is 3. The zero-order valence-corrected chi connectivity index (χ0v) is 22.6. The van der Waals surface area contributed by atoms with E-state index in [4.69, 9.17) is 14.5 Å². The molecule has 0 aliphatic heterocycles. The van der Waals surface area contributed by atoms with Crippen LogP contribution < -0.4 is 15.0 Å². The van der Waals surface area contributed by atoms with Crippen molar-refractivity contribution in [1.82, 2.24) is 34.5 Å². The zero-order chi connectivity index (χ0) is 28.1. The van der Waals surface area contributed by atoms with Crippen LogP contribution in [0, 0.1) is 0 Å². The molecule has 0 saturated carbocycles. The van der Waals surface area contributed by atoms with Gasteiger partial charge in [-0.15, -0.1) is 0 Å². The van der Waals surface area contributed by atoms with Gasteiger partial charge in [-0.3, -0.25) is 4.68 Å². The normalized spacial score (nSPS) is 10.8. The van der Waals surface area contributed by atoms with Crippen molar-refractivity contribution in [2.45, 2.75) is 13.5 Å². The lowest BCUT2D eigenvalue weighted by Gasteiger charge is -2.19. The number of nitrogens with zero attached hydrogens (tertiary/aromatic N) is 8. The fourth-order valence-electron chi connectivity index (χ4n) is 4.14. The number of benzene rings is 2. The maximum absolute atomic E-state index is 12.8. The lowest BCUT2D eigenvalue weighted by atomic mass is 10.1. The minimum Gasteiger partial charge on any atom is -0.494 e. The monoisotopic (exact) mass is 539 g/mol. The molecule has 0 unspecified atom stereocenters. The summed E-state index contributed by atoms with van der Waals surface area (Å²) < 4.78 is 14.4. The Morgan fingerprint density at radius 2 is 1.90 bits per heavy atom. The van der Waals surface area contributed by atoms with E-state index in [1.807, 2.05) is 71.4 Å². The first-order valence-electron chi connectivity index (χ1n) is 12.6.